The Bertz CT molecular complexity index is 945. The van der Waals surface area contributed by atoms with Gasteiger partial charge in [-0.2, -0.15) is 5.26 Å². The zero-order valence-corrected chi connectivity index (χ0v) is 12.3. The molecule has 3 aromatic rings. The molecule has 1 heterocycles. The first kappa shape index (κ1) is 13.5. The maximum absolute atomic E-state index is 9.99. The highest BCUT2D eigenvalue weighted by molar-refractivity contribution is 5.93. The van der Waals surface area contributed by atoms with Crippen LogP contribution >= 0.6 is 0 Å². The standard InChI is InChI=1S/C18H14N4O/c19-10-16-18(13-4-1-2-6-15(13)21-22-16)20-14-9-8-12-11(14)5-3-7-17(12)23/h1-7,14,23H,8-9H2,(H,20,21). The second kappa shape index (κ2) is 5.25. The molecule has 5 nitrogen and oxygen atoms in total. The van der Waals surface area contributed by atoms with Gasteiger partial charge in [0, 0.05) is 5.39 Å². The van der Waals surface area contributed by atoms with Gasteiger partial charge in [-0.15, -0.1) is 10.2 Å². The minimum Gasteiger partial charge on any atom is -0.508 e. The third kappa shape index (κ3) is 2.16. The van der Waals surface area contributed by atoms with Gasteiger partial charge in [-0.05, 0) is 36.1 Å². The maximum Gasteiger partial charge on any atom is 0.186 e. The second-order valence-electron chi connectivity index (χ2n) is 5.63. The number of phenolic OH excluding ortho intramolecular Hbond substituents is 1. The first-order chi connectivity index (χ1) is 11.3. The monoisotopic (exact) mass is 302 g/mol. The average molecular weight is 302 g/mol. The zero-order valence-electron chi connectivity index (χ0n) is 12.3. The highest BCUT2D eigenvalue weighted by atomic mass is 16.3. The molecule has 1 atom stereocenters. The Labute approximate surface area is 133 Å². The van der Waals surface area contributed by atoms with Crippen molar-refractivity contribution in [3.8, 4) is 11.8 Å². The number of phenols is 1. The Kier molecular flexibility index (Phi) is 3.09. The van der Waals surface area contributed by atoms with Crippen molar-refractivity contribution in [3.63, 3.8) is 0 Å². The molecule has 1 aromatic heterocycles. The van der Waals surface area contributed by atoms with E-state index in [0.717, 1.165) is 34.9 Å². The first-order valence-corrected chi connectivity index (χ1v) is 7.50. The summed E-state index contributed by atoms with van der Waals surface area (Å²) in [5.74, 6) is 0.338. The SMILES string of the molecule is N#Cc1nnc2ccccc2c1NC1CCc2c(O)cccc21. The van der Waals surface area contributed by atoms with E-state index in [9.17, 15) is 10.4 Å². The Morgan fingerprint density at radius 2 is 2.00 bits per heavy atom. The fraction of sp³-hybridized carbons (Fsp3) is 0.167. The number of nitrogens with one attached hydrogen (secondary N) is 1. The van der Waals surface area contributed by atoms with Crippen LogP contribution in [0.1, 0.15) is 29.3 Å². The molecule has 112 valence electrons. The van der Waals surface area contributed by atoms with E-state index in [1.54, 1.807) is 6.07 Å². The van der Waals surface area contributed by atoms with Crippen molar-refractivity contribution in [1.29, 1.82) is 5.26 Å². The molecule has 2 N–H and O–H groups in total. The van der Waals surface area contributed by atoms with Gasteiger partial charge in [0.2, 0.25) is 0 Å². The number of anilines is 1. The lowest BCUT2D eigenvalue weighted by molar-refractivity contribution is 0.469. The topological polar surface area (TPSA) is 81.8 Å². The Balaban J connectivity index is 1.81. The molecular weight excluding hydrogens is 288 g/mol. The van der Waals surface area contributed by atoms with E-state index in [1.165, 1.54) is 0 Å². The summed E-state index contributed by atoms with van der Waals surface area (Å²) in [5, 5.41) is 31.8. The summed E-state index contributed by atoms with van der Waals surface area (Å²) in [6.07, 6.45) is 1.69. The van der Waals surface area contributed by atoms with Gasteiger partial charge in [0.05, 0.1) is 17.2 Å². The average Bonchev–Trinajstić information content (AvgIpc) is 3.00. The van der Waals surface area contributed by atoms with Crippen LogP contribution in [0.15, 0.2) is 42.5 Å². The molecule has 1 aliphatic rings. The summed E-state index contributed by atoms with van der Waals surface area (Å²) in [5.41, 5.74) is 3.81. The number of hydrogen-bond acceptors (Lipinski definition) is 5. The van der Waals surface area contributed by atoms with Crippen LogP contribution in [0.5, 0.6) is 5.75 Å². The smallest absolute Gasteiger partial charge is 0.186 e. The lowest BCUT2D eigenvalue weighted by atomic mass is 10.1. The molecule has 0 amide bonds. The van der Waals surface area contributed by atoms with Crippen LogP contribution in [0.4, 0.5) is 5.69 Å². The number of benzene rings is 2. The van der Waals surface area contributed by atoms with Gasteiger partial charge in [-0.3, -0.25) is 0 Å². The van der Waals surface area contributed by atoms with Crippen LogP contribution in [-0.2, 0) is 6.42 Å². The first-order valence-electron chi connectivity index (χ1n) is 7.50. The van der Waals surface area contributed by atoms with Crippen molar-refractivity contribution < 1.29 is 5.11 Å². The molecule has 0 spiro atoms. The number of aromatic nitrogens is 2. The summed E-state index contributed by atoms with van der Waals surface area (Å²) in [6.45, 7) is 0. The van der Waals surface area contributed by atoms with E-state index < -0.39 is 0 Å². The predicted molar refractivity (Wildman–Crippen MR) is 87.0 cm³/mol. The quantitative estimate of drug-likeness (QED) is 0.759. The summed E-state index contributed by atoms with van der Waals surface area (Å²) in [7, 11) is 0. The third-order valence-corrected chi connectivity index (χ3v) is 4.34. The fourth-order valence-electron chi connectivity index (χ4n) is 3.24. The fourth-order valence-corrected chi connectivity index (χ4v) is 3.24. The van der Waals surface area contributed by atoms with Crippen LogP contribution in [0, 0.1) is 11.3 Å². The maximum atomic E-state index is 9.99. The third-order valence-electron chi connectivity index (χ3n) is 4.34. The Hall–Kier alpha value is -3.13. The summed E-state index contributed by atoms with van der Waals surface area (Å²) in [4.78, 5) is 0. The van der Waals surface area contributed by atoms with E-state index in [-0.39, 0.29) is 11.7 Å². The lowest BCUT2D eigenvalue weighted by Crippen LogP contribution is -2.10. The minimum atomic E-state index is 0.0526. The van der Waals surface area contributed by atoms with E-state index in [4.69, 9.17) is 0 Å². The van der Waals surface area contributed by atoms with Crippen molar-refractivity contribution in [1.82, 2.24) is 10.2 Å². The molecule has 0 saturated heterocycles. The number of rotatable bonds is 2. The molecular formula is C18H14N4O. The molecule has 1 unspecified atom stereocenters. The van der Waals surface area contributed by atoms with Crippen LogP contribution in [0.3, 0.4) is 0 Å². The second-order valence-corrected chi connectivity index (χ2v) is 5.63. The van der Waals surface area contributed by atoms with Crippen molar-refractivity contribution in [2.24, 2.45) is 0 Å². The van der Waals surface area contributed by atoms with Gasteiger partial charge in [0.15, 0.2) is 5.69 Å². The number of fused-ring (bicyclic) bond motifs is 2. The molecule has 0 saturated carbocycles. The molecule has 2 aromatic carbocycles. The van der Waals surface area contributed by atoms with E-state index in [2.05, 4.69) is 21.6 Å². The molecule has 0 aliphatic heterocycles. The molecule has 1 aliphatic carbocycles. The number of hydrogen-bond donors (Lipinski definition) is 2. The minimum absolute atomic E-state index is 0.0526. The van der Waals surface area contributed by atoms with Gasteiger partial charge in [-0.25, -0.2) is 0 Å². The van der Waals surface area contributed by atoms with Gasteiger partial charge in [0.1, 0.15) is 11.8 Å². The molecule has 4 rings (SSSR count). The molecule has 5 heteroatoms. The van der Waals surface area contributed by atoms with Crippen molar-refractivity contribution in [3.05, 3.63) is 59.3 Å². The molecule has 0 fully saturated rings. The number of nitrogens with zero attached hydrogens (tertiary/aromatic N) is 3. The highest BCUT2D eigenvalue weighted by Gasteiger charge is 2.26. The van der Waals surface area contributed by atoms with Gasteiger partial charge >= 0.3 is 0 Å². The number of aromatic hydroxyl groups is 1. The highest BCUT2D eigenvalue weighted by Crippen LogP contribution is 2.39. The van der Waals surface area contributed by atoms with Crippen molar-refractivity contribution in [2.75, 3.05) is 5.32 Å². The number of nitriles is 1. The zero-order chi connectivity index (χ0) is 15.8. The van der Waals surface area contributed by atoms with Gasteiger partial charge in [0.25, 0.3) is 0 Å². The van der Waals surface area contributed by atoms with E-state index in [1.807, 2.05) is 36.4 Å². The van der Waals surface area contributed by atoms with Gasteiger partial charge < -0.3 is 10.4 Å². The van der Waals surface area contributed by atoms with Crippen LogP contribution in [0.2, 0.25) is 0 Å². The van der Waals surface area contributed by atoms with E-state index >= 15 is 0 Å². The Morgan fingerprint density at radius 3 is 2.87 bits per heavy atom. The summed E-state index contributed by atoms with van der Waals surface area (Å²) < 4.78 is 0. The molecule has 0 radical (unpaired) electrons. The predicted octanol–water partition coefficient (Wildman–Crippen LogP) is 3.31. The molecule has 0 bridgehead atoms. The lowest BCUT2D eigenvalue weighted by Gasteiger charge is -2.17. The van der Waals surface area contributed by atoms with Crippen molar-refractivity contribution >= 4 is 16.6 Å². The molecule has 23 heavy (non-hydrogen) atoms. The largest absolute Gasteiger partial charge is 0.508 e. The summed E-state index contributed by atoms with van der Waals surface area (Å²) >= 11 is 0. The van der Waals surface area contributed by atoms with Crippen LogP contribution in [0.25, 0.3) is 10.9 Å². The summed E-state index contributed by atoms with van der Waals surface area (Å²) in [6, 6.07) is 15.4. The van der Waals surface area contributed by atoms with E-state index in [0.29, 0.717) is 11.4 Å². The van der Waals surface area contributed by atoms with Crippen LogP contribution in [-0.4, -0.2) is 15.3 Å². The van der Waals surface area contributed by atoms with Crippen molar-refractivity contribution in [2.45, 2.75) is 18.9 Å². The van der Waals surface area contributed by atoms with Crippen LogP contribution < -0.4 is 5.32 Å². The Morgan fingerprint density at radius 1 is 1.13 bits per heavy atom. The normalized spacial score (nSPS) is 16.0. The van der Waals surface area contributed by atoms with Gasteiger partial charge in [-0.1, -0.05) is 30.3 Å².